The molecule has 0 aromatic carbocycles. The van der Waals surface area contributed by atoms with Crippen molar-refractivity contribution in [3.63, 3.8) is 0 Å². The Kier molecular flexibility index (Phi) is 1.12. The van der Waals surface area contributed by atoms with Crippen molar-refractivity contribution in [2.45, 2.75) is 0 Å². The van der Waals surface area contributed by atoms with Crippen LogP contribution >= 0.6 is 15.9 Å². The van der Waals surface area contributed by atoms with Crippen molar-refractivity contribution in [1.29, 1.82) is 0 Å². The van der Waals surface area contributed by atoms with Crippen LogP contribution in [0.1, 0.15) is 0 Å². The summed E-state index contributed by atoms with van der Waals surface area (Å²) in [5.41, 5.74) is 3.51. The Hall–Kier alpha value is -0.0200. The molecule has 1 rings (SSSR count). The Morgan fingerprint density at radius 3 is 3.00 bits per heavy atom. The second-order valence-corrected chi connectivity index (χ2v) is 1.73. The van der Waals surface area contributed by atoms with Crippen LogP contribution in [0.3, 0.4) is 0 Å². The van der Waals surface area contributed by atoms with Crippen molar-refractivity contribution in [1.82, 2.24) is 5.48 Å². The van der Waals surface area contributed by atoms with Crippen molar-refractivity contribution in [3.8, 4) is 0 Å². The van der Waals surface area contributed by atoms with E-state index in [1.54, 1.807) is 0 Å². The molecule has 0 aromatic heterocycles. The van der Waals surface area contributed by atoms with Gasteiger partial charge in [0.05, 0.1) is 6.61 Å². The fourth-order valence-corrected chi connectivity index (χ4v) is 0.477. The highest BCUT2D eigenvalue weighted by atomic mass is 79.9. The lowest BCUT2D eigenvalue weighted by molar-refractivity contribution is 0.106. The maximum atomic E-state index is 4.54. The summed E-state index contributed by atoms with van der Waals surface area (Å²) in [5.74, 6) is 0. The highest BCUT2D eigenvalue weighted by Gasteiger charge is 1.98. The molecule has 0 amide bonds. The van der Waals surface area contributed by atoms with Crippen molar-refractivity contribution >= 4 is 15.9 Å². The molecule has 33 valence electrons. The molecule has 0 aromatic rings. The molecule has 0 bridgehead atoms. The summed E-state index contributed by atoms with van der Waals surface area (Å²) in [6.45, 7) is 0.612. The maximum absolute atomic E-state index is 4.54. The average molecular weight is 149 g/mol. The van der Waals surface area contributed by atoms with E-state index in [4.69, 9.17) is 0 Å². The fourth-order valence-electron chi connectivity index (χ4n) is 0.242. The van der Waals surface area contributed by atoms with E-state index in [9.17, 15) is 0 Å². The Bertz CT molecular complexity index is 80.9. The minimum atomic E-state index is 0.612. The molecule has 1 radical (unpaired) electrons. The van der Waals surface area contributed by atoms with Gasteiger partial charge in [-0.1, -0.05) is 0 Å². The van der Waals surface area contributed by atoms with Gasteiger partial charge in [-0.25, -0.2) is 4.84 Å². The molecular formula is C3H3BrNO. The molecule has 1 aliphatic rings. The lowest BCUT2D eigenvalue weighted by Gasteiger charge is -1.81. The van der Waals surface area contributed by atoms with E-state index < -0.39 is 0 Å². The summed E-state index contributed by atoms with van der Waals surface area (Å²) in [5, 5.41) is 0. The Morgan fingerprint density at radius 2 is 2.83 bits per heavy atom. The molecule has 1 heterocycles. The molecule has 0 N–H and O–H groups in total. The highest BCUT2D eigenvalue weighted by Crippen LogP contribution is 2.05. The van der Waals surface area contributed by atoms with Gasteiger partial charge in [-0.2, -0.15) is 0 Å². The number of rotatable bonds is 0. The molecule has 2 nitrogen and oxygen atoms in total. The molecule has 0 unspecified atom stereocenters. The van der Waals surface area contributed by atoms with Gasteiger partial charge in [-0.15, -0.1) is 5.48 Å². The van der Waals surface area contributed by atoms with Crippen LogP contribution in [0.25, 0.3) is 0 Å². The summed E-state index contributed by atoms with van der Waals surface area (Å²) in [6, 6.07) is 0. The first-order valence-electron chi connectivity index (χ1n) is 1.58. The SMILES string of the molecule is BrC1=CCO[N]1. The van der Waals surface area contributed by atoms with Gasteiger partial charge in [0.2, 0.25) is 0 Å². The first-order valence-corrected chi connectivity index (χ1v) is 2.37. The fraction of sp³-hybridized carbons (Fsp3) is 0.333. The van der Waals surface area contributed by atoms with E-state index in [0.29, 0.717) is 6.61 Å². The number of nitrogens with zero attached hydrogens (tertiary/aromatic N) is 1. The van der Waals surface area contributed by atoms with Crippen LogP contribution < -0.4 is 5.48 Å². The molecule has 0 spiro atoms. The Morgan fingerprint density at radius 1 is 2.00 bits per heavy atom. The molecular weight excluding hydrogens is 146 g/mol. The zero-order valence-corrected chi connectivity index (χ0v) is 4.60. The zero-order valence-electron chi connectivity index (χ0n) is 3.02. The van der Waals surface area contributed by atoms with Crippen LogP contribution in [-0.4, -0.2) is 6.61 Å². The quantitative estimate of drug-likeness (QED) is 0.466. The second kappa shape index (κ2) is 1.62. The van der Waals surface area contributed by atoms with Gasteiger partial charge in [0.1, 0.15) is 4.61 Å². The topological polar surface area (TPSA) is 23.3 Å². The summed E-state index contributed by atoms with van der Waals surface area (Å²) < 4.78 is 0.794. The van der Waals surface area contributed by atoms with Crippen molar-refractivity contribution in [2.75, 3.05) is 6.61 Å². The van der Waals surface area contributed by atoms with E-state index in [0.717, 1.165) is 4.61 Å². The molecule has 0 saturated heterocycles. The molecule has 1 aliphatic heterocycles. The van der Waals surface area contributed by atoms with Crippen LogP contribution in [0.15, 0.2) is 10.7 Å². The third-order valence-corrected chi connectivity index (χ3v) is 0.947. The molecule has 6 heavy (non-hydrogen) atoms. The number of hydrogen-bond acceptors (Lipinski definition) is 1. The number of hydroxylamine groups is 1. The summed E-state index contributed by atoms with van der Waals surface area (Å²) in [7, 11) is 0. The normalized spacial score (nSPS) is 19.8. The van der Waals surface area contributed by atoms with E-state index in [1.807, 2.05) is 6.08 Å². The van der Waals surface area contributed by atoms with Gasteiger partial charge in [0, 0.05) is 0 Å². The number of hydrogen-bond donors (Lipinski definition) is 0. The Labute approximate surface area is 44.3 Å². The molecule has 0 fully saturated rings. The van der Waals surface area contributed by atoms with Crippen molar-refractivity contribution in [3.05, 3.63) is 10.7 Å². The van der Waals surface area contributed by atoms with Gasteiger partial charge in [-0.05, 0) is 22.0 Å². The third kappa shape index (κ3) is 0.725. The van der Waals surface area contributed by atoms with E-state index in [1.165, 1.54) is 0 Å². The minimum Gasteiger partial charge on any atom is -0.247 e. The maximum Gasteiger partial charge on any atom is 0.132 e. The molecule has 0 aliphatic carbocycles. The van der Waals surface area contributed by atoms with Crippen molar-refractivity contribution in [2.24, 2.45) is 0 Å². The van der Waals surface area contributed by atoms with E-state index in [-0.39, 0.29) is 0 Å². The van der Waals surface area contributed by atoms with Crippen LogP contribution in [-0.2, 0) is 4.84 Å². The van der Waals surface area contributed by atoms with Gasteiger partial charge < -0.3 is 0 Å². The third-order valence-electron chi connectivity index (χ3n) is 0.478. The lowest BCUT2D eigenvalue weighted by atomic mass is 10.7. The lowest BCUT2D eigenvalue weighted by Crippen LogP contribution is -1.89. The summed E-state index contributed by atoms with van der Waals surface area (Å²) >= 11 is 3.11. The van der Waals surface area contributed by atoms with Crippen LogP contribution in [0.2, 0.25) is 0 Å². The average Bonchev–Trinajstić information content (AvgIpc) is 1.86. The van der Waals surface area contributed by atoms with E-state index in [2.05, 4.69) is 26.2 Å². The van der Waals surface area contributed by atoms with Gasteiger partial charge in [0.15, 0.2) is 0 Å². The van der Waals surface area contributed by atoms with Crippen LogP contribution in [0.4, 0.5) is 0 Å². The van der Waals surface area contributed by atoms with Crippen LogP contribution in [0, 0.1) is 0 Å². The van der Waals surface area contributed by atoms with Gasteiger partial charge in [0.25, 0.3) is 0 Å². The summed E-state index contributed by atoms with van der Waals surface area (Å²) in [6.07, 6.45) is 1.85. The first-order chi connectivity index (χ1) is 2.89. The first kappa shape index (κ1) is 4.15. The second-order valence-electron chi connectivity index (χ2n) is 0.914. The minimum absolute atomic E-state index is 0.612. The number of halogens is 1. The smallest absolute Gasteiger partial charge is 0.132 e. The largest absolute Gasteiger partial charge is 0.247 e. The predicted octanol–water partition coefficient (Wildman–Crippen LogP) is 0.772. The van der Waals surface area contributed by atoms with Gasteiger partial charge >= 0.3 is 0 Å². The molecule has 0 atom stereocenters. The van der Waals surface area contributed by atoms with Crippen molar-refractivity contribution < 1.29 is 4.84 Å². The molecule has 0 saturated carbocycles. The summed E-state index contributed by atoms with van der Waals surface area (Å²) in [4.78, 5) is 4.54. The predicted molar refractivity (Wildman–Crippen MR) is 25.1 cm³/mol. The molecule has 3 heteroatoms. The van der Waals surface area contributed by atoms with E-state index >= 15 is 0 Å². The monoisotopic (exact) mass is 148 g/mol. The zero-order chi connectivity index (χ0) is 4.41. The standard InChI is InChI=1S/C3H3BrNO/c4-3-1-2-6-5-3/h1H,2H2. The highest BCUT2D eigenvalue weighted by molar-refractivity contribution is 9.11. The van der Waals surface area contributed by atoms with Crippen LogP contribution in [0.5, 0.6) is 0 Å². The van der Waals surface area contributed by atoms with Gasteiger partial charge in [-0.3, -0.25) is 0 Å². The Balaban J connectivity index is 2.45.